The third-order valence-electron chi connectivity index (χ3n) is 4.98. The van der Waals surface area contributed by atoms with Crippen LogP contribution in [0.2, 0.25) is 0 Å². The SMILES string of the molecule is C[C@H](CNC(=O)c1ccc(CN(c2cccc(F)c2)S(C)(=O)=O)cc1)c1ccccc1. The zero-order chi connectivity index (χ0) is 22.4. The van der Waals surface area contributed by atoms with Crippen molar-refractivity contribution in [3.05, 3.63) is 101 Å². The first kappa shape index (κ1) is 22.5. The van der Waals surface area contributed by atoms with Gasteiger partial charge >= 0.3 is 0 Å². The van der Waals surface area contributed by atoms with Gasteiger partial charge in [-0.3, -0.25) is 9.10 Å². The second-order valence-electron chi connectivity index (χ2n) is 7.47. The van der Waals surface area contributed by atoms with Crippen LogP contribution in [-0.4, -0.2) is 27.1 Å². The van der Waals surface area contributed by atoms with Crippen molar-refractivity contribution in [3.63, 3.8) is 0 Å². The summed E-state index contributed by atoms with van der Waals surface area (Å²) >= 11 is 0. The molecule has 0 aliphatic heterocycles. The van der Waals surface area contributed by atoms with Gasteiger partial charge in [0.15, 0.2) is 0 Å². The Hall–Kier alpha value is -3.19. The van der Waals surface area contributed by atoms with Gasteiger partial charge in [0.05, 0.1) is 18.5 Å². The summed E-state index contributed by atoms with van der Waals surface area (Å²) in [6, 6.07) is 22.1. The van der Waals surface area contributed by atoms with Crippen molar-refractivity contribution >= 4 is 21.6 Å². The fourth-order valence-electron chi connectivity index (χ4n) is 3.21. The van der Waals surface area contributed by atoms with Crippen molar-refractivity contribution < 1.29 is 17.6 Å². The standard InChI is InChI=1S/C24H25FN2O3S/c1-18(20-7-4-3-5-8-20)16-26-24(28)21-13-11-19(12-14-21)17-27(31(2,29)30)23-10-6-9-22(25)15-23/h3-15,18H,16-17H2,1-2H3,(H,26,28)/t18-/m1/s1. The molecule has 1 atom stereocenters. The van der Waals surface area contributed by atoms with Gasteiger partial charge in [-0.15, -0.1) is 0 Å². The van der Waals surface area contributed by atoms with Crippen LogP contribution in [0.15, 0.2) is 78.9 Å². The normalized spacial score (nSPS) is 12.2. The number of nitrogens with zero attached hydrogens (tertiary/aromatic N) is 1. The molecule has 162 valence electrons. The third kappa shape index (κ3) is 6.15. The van der Waals surface area contributed by atoms with Crippen LogP contribution in [0, 0.1) is 5.82 Å². The molecule has 0 heterocycles. The molecule has 0 aliphatic carbocycles. The Kier molecular flexibility index (Phi) is 7.07. The van der Waals surface area contributed by atoms with Crippen molar-refractivity contribution in [1.82, 2.24) is 5.32 Å². The fourth-order valence-corrected chi connectivity index (χ4v) is 4.09. The fraction of sp³-hybridized carbons (Fsp3) is 0.208. The summed E-state index contributed by atoms with van der Waals surface area (Å²) in [5, 5.41) is 2.93. The van der Waals surface area contributed by atoms with Gasteiger partial charge in [0.1, 0.15) is 5.82 Å². The molecule has 0 radical (unpaired) electrons. The van der Waals surface area contributed by atoms with Crippen molar-refractivity contribution in [3.8, 4) is 0 Å². The summed E-state index contributed by atoms with van der Waals surface area (Å²) in [6.45, 7) is 2.59. The van der Waals surface area contributed by atoms with E-state index in [4.69, 9.17) is 0 Å². The Morgan fingerprint density at radius 3 is 2.29 bits per heavy atom. The quantitative estimate of drug-likeness (QED) is 0.567. The lowest BCUT2D eigenvalue weighted by atomic mass is 10.0. The number of amides is 1. The van der Waals surface area contributed by atoms with Gasteiger partial charge in [0.2, 0.25) is 10.0 Å². The molecule has 0 fully saturated rings. The van der Waals surface area contributed by atoms with Crippen molar-refractivity contribution in [2.75, 3.05) is 17.1 Å². The van der Waals surface area contributed by atoms with Crippen LogP contribution in [-0.2, 0) is 16.6 Å². The highest BCUT2D eigenvalue weighted by atomic mass is 32.2. The van der Waals surface area contributed by atoms with E-state index >= 15 is 0 Å². The minimum Gasteiger partial charge on any atom is -0.351 e. The predicted molar refractivity (Wildman–Crippen MR) is 121 cm³/mol. The molecule has 0 spiro atoms. The van der Waals surface area contributed by atoms with Crippen LogP contribution >= 0.6 is 0 Å². The first-order valence-corrected chi connectivity index (χ1v) is 11.7. The van der Waals surface area contributed by atoms with Gasteiger partial charge in [0.25, 0.3) is 5.91 Å². The van der Waals surface area contributed by atoms with E-state index in [0.717, 1.165) is 16.1 Å². The second kappa shape index (κ2) is 9.75. The Labute approximate surface area is 182 Å². The molecule has 0 bridgehead atoms. The smallest absolute Gasteiger partial charge is 0.251 e. The first-order chi connectivity index (χ1) is 14.7. The molecular formula is C24H25FN2O3S. The molecule has 0 aromatic heterocycles. The lowest BCUT2D eigenvalue weighted by molar-refractivity contribution is 0.0951. The zero-order valence-corrected chi connectivity index (χ0v) is 18.3. The van der Waals surface area contributed by atoms with Gasteiger partial charge in [-0.2, -0.15) is 0 Å². The lowest BCUT2D eigenvalue weighted by Crippen LogP contribution is -2.29. The highest BCUT2D eigenvalue weighted by molar-refractivity contribution is 7.92. The zero-order valence-electron chi connectivity index (χ0n) is 17.5. The molecule has 0 unspecified atom stereocenters. The summed E-state index contributed by atoms with van der Waals surface area (Å²) in [5.74, 6) is -0.527. The third-order valence-corrected chi connectivity index (χ3v) is 6.12. The number of carbonyl (C=O) groups excluding carboxylic acids is 1. The van der Waals surface area contributed by atoms with Crippen LogP contribution in [0.5, 0.6) is 0 Å². The number of nitrogens with one attached hydrogen (secondary N) is 1. The molecule has 0 saturated heterocycles. The van der Waals surface area contributed by atoms with Crippen molar-refractivity contribution in [2.45, 2.75) is 19.4 Å². The van der Waals surface area contributed by atoms with E-state index in [2.05, 4.69) is 5.32 Å². The van der Waals surface area contributed by atoms with E-state index in [9.17, 15) is 17.6 Å². The number of benzene rings is 3. The number of anilines is 1. The minimum absolute atomic E-state index is 0.0369. The van der Waals surface area contributed by atoms with Crippen LogP contribution in [0.1, 0.15) is 34.3 Å². The van der Waals surface area contributed by atoms with E-state index in [1.807, 2.05) is 37.3 Å². The molecule has 3 aromatic rings. The summed E-state index contributed by atoms with van der Waals surface area (Å²) in [5.41, 5.74) is 2.57. The largest absolute Gasteiger partial charge is 0.351 e. The van der Waals surface area contributed by atoms with Gasteiger partial charge < -0.3 is 5.32 Å². The highest BCUT2D eigenvalue weighted by Gasteiger charge is 2.18. The van der Waals surface area contributed by atoms with Gasteiger partial charge in [-0.1, -0.05) is 55.5 Å². The molecule has 3 rings (SSSR count). The average molecular weight is 441 g/mol. The number of sulfonamides is 1. The molecule has 1 N–H and O–H groups in total. The maximum atomic E-state index is 13.6. The minimum atomic E-state index is -3.62. The van der Waals surface area contributed by atoms with Crippen molar-refractivity contribution in [2.24, 2.45) is 0 Å². The van der Waals surface area contributed by atoms with E-state index in [0.29, 0.717) is 17.7 Å². The topological polar surface area (TPSA) is 66.5 Å². The Morgan fingerprint density at radius 2 is 1.68 bits per heavy atom. The van der Waals surface area contributed by atoms with Crippen LogP contribution in [0.4, 0.5) is 10.1 Å². The lowest BCUT2D eigenvalue weighted by Gasteiger charge is -2.22. The first-order valence-electron chi connectivity index (χ1n) is 9.89. The number of hydrogen-bond donors (Lipinski definition) is 1. The van der Waals surface area contributed by atoms with E-state index < -0.39 is 15.8 Å². The van der Waals surface area contributed by atoms with Gasteiger partial charge in [-0.05, 0) is 47.4 Å². The monoisotopic (exact) mass is 440 g/mol. The molecule has 3 aromatic carbocycles. The molecule has 31 heavy (non-hydrogen) atoms. The number of hydrogen-bond acceptors (Lipinski definition) is 3. The van der Waals surface area contributed by atoms with E-state index in [1.165, 1.54) is 18.2 Å². The predicted octanol–water partition coefficient (Wildman–Crippen LogP) is 4.33. The summed E-state index contributed by atoms with van der Waals surface area (Å²) in [4.78, 5) is 12.5. The van der Waals surface area contributed by atoms with E-state index in [-0.39, 0.29) is 24.1 Å². The number of rotatable bonds is 8. The second-order valence-corrected chi connectivity index (χ2v) is 9.37. The van der Waals surface area contributed by atoms with E-state index in [1.54, 1.807) is 30.3 Å². The average Bonchev–Trinajstić information content (AvgIpc) is 2.75. The summed E-state index contributed by atoms with van der Waals surface area (Å²) in [6.07, 6.45) is 1.08. The number of halogens is 1. The highest BCUT2D eigenvalue weighted by Crippen LogP contribution is 2.22. The Balaban J connectivity index is 1.66. The maximum Gasteiger partial charge on any atom is 0.251 e. The molecule has 5 nitrogen and oxygen atoms in total. The van der Waals surface area contributed by atoms with Crippen LogP contribution in [0.3, 0.4) is 0 Å². The van der Waals surface area contributed by atoms with Crippen molar-refractivity contribution in [1.29, 1.82) is 0 Å². The molecular weight excluding hydrogens is 415 g/mol. The Morgan fingerprint density at radius 1 is 1.00 bits per heavy atom. The molecule has 0 aliphatic rings. The Bertz CT molecular complexity index is 1130. The molecule has 7 heteroatoms. The van der Waals surface area contributed by atoms with Crippen LogP contribution in [0.25, 0.3) is 0 Å². The molecule has 0 saturated carbocycles. The number of carbonyl (C=O) groups is 1. The summed E-state index contributed by atoms with van der Waals surface area (Å²) in [7, 11) is -3.62. The van der Waals surface area contributed by atoms with Gasteiger partial charge in [-0.25, -0.2) is 12.8 Å². The maximum absolute atomic E-state index is 13.6. The van der Waals surface area contributed by atoms with Gasteiger partial charge in [0, 0.05) is 12.1 Å². The molecule has 1 amide bonds. The van der Waals surface area contributed by atoms with Crippen LogP contribution < -0.4 is 9.62 Å². The summed E-state index contributed by atoms with van der Waals surface area (Å²) < 4.78 is 39.2.